The lowest BCUT2D eigenvalue weighted by Gasteiger charge is -2.64. The molecule has 6 aliphatic carbocycles. The van der Waals surface area contributed by atoms with Gasteiger partial charge in [-0.25, -0.2) is 0 Å². The van der Waals surface area contributed by atoms with Crippen molar-refractivity contribution in [3.63, 3.8) is 0 Å². The van der Waals surface area contributed by atoms with Crippen LogP contribution in [0.15, 0.2) is 0 Å². The fraction of sp³-hybridized carbons (Fsp3) is 1.00. The number of hydrogen-bond donors (Lipinski definition) is 4. The maximum absolute atomic E-state index is 11.9. The van der Waals surface area contributed by atoms with E-state index in [9.17, 15) is 20.4 Å². The van der Waals surface area contributed by atoms with Crippen molar-refractivity contribution in [2.75, 3.05) is 6.61 Å². The molecule has 0 radical (unpaired) electrons. The highest BCUT2D eigenvalue weighted by atomic mass is 16.3. The molecule has 4 nitrogen and oxygen atoms in total. The van der Waals surface area contributed by atoms with Crippen LogP contribution >= 0.6 is 0 Å². The van der Waals surface area contributed by atoms with Gasteiger partial charge in [0, 0.05) is 13.0 Å². The van der Waals surface area contributed by atoms with Crippen LogP contribution in [0.4, 0.5) is 0 Å². The number of aliphatic hydroxyl groups excluding tert-OH is 2. The third-order valence-corrected chi connectivity index (χ3v) is 11.5. The average molecular weight is 391 g/mol. The summed E-state index contributed by atoms with van der Waals surface area (Å²) < 4.78 is 0. The molecule has 6 unspecified atom stereocenters. The standard InChI is InChI=1S/C24H38O4/c1-21-7-4-13(26)12-24(21,28)17-10-14(17)19-16(21)5-8-22(2)20(19)15-11-18(15)23(22,27)6-3-9-25/h13-20,25-28H,3-12H2,1-2H3/t13?,14?,15?,16?,17-,18+,19?,20?,21-,22+,23+,24-/m1/s1. The van der Waals surface area contributed by atoms with E-state index < -0.39 is 11.2 Å². The van der Waals surface area contributed by atoms with Crippen LogP contribution in [0.1, 0.15) is 71.6 Å². The smallest absolute Gasteiger partial charge is 0.0759 e. The maximum Gasteiger partial charge on any atom is 0.0759 e. The second kappa shape index (κ2) is 5.36. The molecule has 0 amide bonds. The van der Waals surface area contributed by atoms with Crippen LogP contribution in [-0.2, 0) is 0 Å². The van der Waals surface area contributed by atoms with Gasteiger partial charge in [0.1, 0.15) is 0 Å². The fourth-order valence-electron chi connectivity index (χ4n) is 10.1. The number of rotatable bonds is 3. The Kier molecular flexibility index (Phi) is 3.56. The Morgan fingerprint density at radius 1 is 0.893 bits per heavy atom. The predicted octanol–water partition coefficient (Wildman–Crippen LogP) is 2.72. The molecule has 0 aromatic heterocycles. The molecule has 0 bridgehead atoms. The van der Waals surface area contributed by atoms with Crippen LogP contribution in [0.25, 0.3) is 0 Å². The summed E-state index contributed by atoms with van der Waals surface area (Å²) in [5, 5.41) is 43.4. The van der Waals surface area contributed by atoms with Crippen LogP contribution in [0, 0.1) is 52.3 Å². The van der Waals surface area contributed by atoms with Gasteiger partial charge in [-0.15, -0.1) is 0 Å². The van der Waals surface area contributed by atoms with Gasteiger partial charge >= 0.3 is 0 Å². The third-order valence-electron chi connectivity index (χ3n) is 11.5. The molecule has 12 atom stereocenters. The number of aliphatic hydroxyl groups is 4. The van der Waals surface area contributed by atoms with E-state index in [0.29, 0.717) is 54.3 Å². The Morgan fingerprint density at radius 2 is 1.61 bits per heavy atom. The highest BCUT2D eigenvalue weighted by molar-refractivity contribution is 5.29. The van der Waals surface area contributed by atoms with Gasteiger partial charge in [-0.1, -0.05) is 13.8 Å². The molecule has 0 aromatic rings. The van der Waals surface area contributed by atoms with Gasteiger partial charge in [0.05, 0.1) is 17.3 Å². The lowest BCUT2D eigenvalue weighted by Crippen LogP contribution is -2.65. The molecule has 6 saturated carbocycles. The largest absolute Gasteiger partial charge is 0.396 e. The molecular weight excluding hydrogens is 352 g/mol. The van der Waals surface area contributed by atoms with E-state index in [2.05, 4.69) is 13.8 Å². The summed E-state index contributed by atoms with van der Waals surface area (Å²) in [5.74, 6) is 3.82. The minimum absolute atomic E-state index is 0.0238. The minimum Gasteiger partial charge on any atom is -0.396 e. The summed E-state index contributed by atoms with van der Waals surface area (Å²) in [6.07, 6.45) is 7.91. The molecule has 0 saturated heterocycles. The Morgan fingerprint density at radius 3 is 2.36 bits per heavy atom. The van der Waals surface area contributed by atoms with E-state index in [-0.39, 0.29) is 23.5 Å². The van der Waals surface area contributed by atoms with Crippen molar-refractivity contribution in [2.45, 2.75) is 88.9 Å². The highest BCUT2D eigenvalue weighted by Gasteiger charge is 2.80. The van der Waals surface area contributed by atoms with Crippen LogP contribution < -0.4 is 0 Å². The van der Waals surface area contributed by atoms with E-state index in [1.165, 1.54) is 6.42 Å². The first-order valence-corrected chi connectivity index (χ1v) is 11.9. The Hall–Kier alpha value is -0.160. The molecule has 28 heavy (non-hydrogen) atoms. The van der Waals surface area contributed by atoms with Crippen molar-refractivity contribution in [2.24, 2.45) is 52.3 Å². The normalized spacial score (nSPS) is 66.2. The molecular formula is C24H38O4. The lowest BCUT2D eigenvalue weighted by atomic mass is 9.42. The molecule has 6 fully saturated rings. The molecule has 4 N–H and O–H groups in total. The second-order valence-corrected chi connectivity index (χ2v) is 12.2. The van der Waals surface area contributed by atoms with E-state index in [1.54, 1.807) is 0 Å². The summed E-state index contributed by atoms with van der Waals surface area (Å²) in [7, 11) is 0. The summed E-state index contributed by atoms with van der Waals surface area (Å²) >= 11 is 0. The maximum atomic E-state index is 11.9. The van der Waals surface area contributed by atoms with Crippen molar-refractivity contribution in [3.8, 4) is 0 Å². The SMILES string of the molecule is C[C@]12CCC3C(C4C[C@H]4[C@]4(O)CC(O)CC[C@]34C)C1C1C[C@@H]1[C@@]2(O)CCCO. The monoisotopic (exact) mass is 390 g/mol. The van der Waals surface area contributed by atoms with Gasteiger partial charge in [-0.3, -0.25) is 0 Å². The molecule has 4 heteroatoms. The molecule has 0 spiro atoms. The Balaban J connectivity index is 1.38. The van der Waals surface area contributed by atoms with Gasteiger partial charge in [-0.2, -0.15) is 0 Å². The van der Waals surface area contributed by atoms with Crippen molar-refractivity contribution in [1.82, 2.24) is 0 Å². The summed E-state index contributed by atoms with van der Waals surface area (Å²) in [5.41, 5.74) is -1.38. The molecule has 6 rings (SSSR count). The third kappa shape index (κ3) is 1.89. The summed E-state index contributed by atoms with van der Waals surface area (Å²) in [6, 6.07) is 0. The van der Waals surface area contributed by atoms with Crippen LogP contribution in [-0.4, -0.2) is 44.3 Å². The average Bonchev–Trinajstić information content (AvgIpc) is 3.54. The fourth-order valence-corrected chi connectivity index (χ4v) is 10.1. The summed E-state index contributed by atoms with van der Waals surface area (Å²) in [6.45, 7) is 4.87. The second-order valence-electron chi connectivity index (χ2n) is 12.2. The van der Waals surface area contributed by atoms with E-state index >= 15 is 0 Å². The van der Waals surface area contributed by atoms with Crippen molar-refractivity contribution in [1.29, 1.82) is 0 Å². The van der Waals surface area contributed by atoms with Gasteiger partial charge in [0.25, 0.3) is 0 Å². The zero-order chi connectivity index (χ0) is 19.7. The Bertz CT molecular complexity index is 696. The Labute approximate surface area is 168 Å². The molecule has 158 valence electrons. The van der Waals surface area contributed by atoms with Gasteiger partial charge in [0.2, 0.25) is 0 Å². The predicted molar refractivity (Wildman–Crippen MR) is 105 cm³/mol. The first-order valence-electron chi connectivity index (χ1n) is 11.9. The van der Waals surface area contributed by atoms with E-state index in [1.807, 2.05) is 0 Å². The number of fused-ring (bicyclic) bond motifs is 10. The minimum atomic E-state index is -0.682. The number of hydrogen-bond acceptors (Lipinski definition) is 4. The van der Waals surface area contributed by atoms with Crippen molar-refractivity contribution >= 4 is 0 Å². The summed E-state index contributed by atoms with van der Waals surface area (Å²) in [4.78, 5) is 0. The molecule has 6 aliphatic rings. The molecule has 0 aromatic carbocycles. The van der Waals surface area contributed by atoms with E-state index in [0.717, 1.165) is 38.5 Å². The highest BCUT2D eigenvalue weighted by Crippen LogP contribution is 2.82. The molecule has 0 heterocycles. The topological polar surface area (TPSA) is 80.9 Å². The first kappa shape index (κ1) is 18.6. The van der Waals surface area contributed by atoms with Crippen molar-refractivity contribution in [3.05, 3.63) is 0 Å². The van der Waals surface area contributed by atoms with E-state index in [4.69, 9.17) is 0 Å². The zero-order valence-corrected chi connectivity index (χ0v) is 17.5. The molecule has 0 aliphatic heterocycles. The van der Waals surface area contributed by atoms with Crippen molar-refractivity contribution < 1.29 is 20.4 Å². The van der Waals surface area contributed by atoms with Crippen LogP contribution in [0.2, 0.25) is 0 Å². The van der Waals surface area contributed by atoms with Gasteiger partial charge in [-0.05, 0) is 104 Å². The zero-order valence-electron chi connectivity index (χ0n) is 17.5. The lowest BCUT2D eigenvalue weighted by molar-refractivity contribution is -0.237. The quantitative estimate of drug-likeness (QED) is 0.597. The first-order chi connectivity index (χ1) is 13.2. The van der Waals surface area contributed by atoms with Gasteiger partial charge in [0.15, 0.2) is 0 Å². The van der Waals surface area contributed by atoms with Gasteiger partial charge < -0.3 is 20.4 Å². The van der Waals surface area contributed by atoms with Crippen LogP contribution in [0.3, 0.4) is 0 Å². The van der Waals surface area contributed by atoms with Crippen LogP contribution in [0.5, 0.6) is 0 Å².